The van der Waals surface area contributed by atoms with Crippen molar-refractivity contribution >= 4 is 5.91 Å². The van der Waals surface area contributed by atoms with E-state index >= 15 is 0 Å². The second-order valence-electron chi connectivity index (χ2n) is 8.32. The highest BCUT2D eigenvalue weighted by Crippen LogP contribution is 2.33. The van der Waals surface area contributed by atoms with E-state index in [-0.39, 0.29) is 17.6 Å². The van der Waals surface area contributed by atoms with Gasteiger partial charge < -0.3 is 14.2 Å². The Kier molecular flexibility index (Phi) is 4.78. The number of rotatable bonds is 2. The van der Waals surface area contributed by atoms with Crippen molar-refractivity contribution < 1.29 is 9.53 Å². The zero-order chi connectivity index (χ0) is 17.5. The predicted octanol–water partition coefficient (Wildman–Crippen LogP) is 4.25. The molecule has 0 radical (unpaired) electrons. The van der Waals surface area contributed by atoms with Crippen molar-refractivity contribution in [2.75, 3.05) is 13.1 Å². The number of aromatic nitrogens is 1. The van der Waals surface area contributed by atoms with Crippen LogP contribution in [0.15, 0.2) is 6.07 Å². The standard InChI is InChI=1S/C20H32N2O2/c1-14-11-18(16(3)22(14)17-9-7-6-8-10-17)19(23)21-12-15(2)24-20(4,5)13-21/h11,15,17H,6-10,12-13H2,1-5H3. The first-order chi connectivity index (χ1) is 11.3. The van der Waals surface area contributed by atoms with Crippen LogP contribution in [-0.2, 0) is 4.74 Å². The first kappa shape index (κ1) is 17.5. The quantitative estimate of drug-likeness (QED) is 0.811. The summed E-state index contributed by atoms with van der Waals surface area (Å²) in [5.74, 6) is 0.161. The predicted molar refractivity (Wildman–Crippen MR) is 96.6 cm³/mol. The van der Waals surface area contributed by atoms with Gasteiger partial charge in [0, 0.05) is 30.5 Å². The van der Waals surface area contributed by atoms with Gasteiger partial charge in [-0.3, -0.25) is 4.79 Å². The second kappa shape index (κ2) is 6.55. The molecule has 2 aliphatic rings. The third kappa shape index (κ3) is 3.39. The zero-order valence-corrected chi connectivity index (χ0v) is 15.9. The highest BCUT2D eigenvalue weighted by Gasteiger charge is 2.35. The van der Waals surface area contributed by atoms with Crippen LogP contribution in [0.1, 0.15) is 80.7 Å². The van der Waals surface area contributed by atoms with E-state index in [1.165, 1.54) is 37.8 Å². The topological polar surface area (TPSA) is 34.5 Å². The molecule has 4 heteroatoms. The molecule has 1 amide bonds. The lowest BCUT2D eigenvalue weighted by Crippen LogP contribution is -2.53. The first-order valence-electron chi connectivity index (χ1n) is 9.44. The molecule has 0 aromatic carbocycles. The summed E-state index contributed by atoms with van der Waals surface area (Å²) in [5.41, 5.74) is 2.97. The van der Waals surface area contributed by atoms with E-state index < -0.39 is 0 Å². The summed E-state index contributed by atoms with van der Waals surface area (Å²) in [5, 5.41) is 0. The number of hydrogen-bond acceptors (Lipinski definition) is 2. The highest BCUT2D eigenvalue weighted by atomic mass is 16.5. The molecule has 0 N–H and O–H groups in total. The molecular weight excluding hydrogens is 300 g/mol. The van der Waals surface area contributed by atoms with Crippen LogP contribution in [-0.4, -0.2) is 40.2 Å². The Morgan fingerprint density at radius 2 is 1.88 bits per heavy atom. The Morgan fingerprint density at radius 1 is 1.21 bits per heavy atom. The van der Waals surface area contributed by atoms with Crippen LogP contribution < -0.4 is 0 Å². The minimum Gasteiger partial charge on any atom is -0.369 e. The lowest BCUT2D eigenvalue weighted by molar-refractivity contribution is -0.118. The molecule has 1 unspecified atom stereocenters. The van der Waals surface area contributed by atoms with E-state index in [1.54, 1.807) is 0 Å². The average Bonchev–Trinajstić information content (AvgIpc) is 2.80. The maximum atomic E-state index is 13.2. The van der Waals surface area contributed by atoms with Gasteiger partial charge in [-0.1, -0.05) is 19.3 Å². The van der Waals surface area contributed by atoms with Gasteiger partial charge in [0.05, 0.1) is 17.3 Å². The Balaban J connectivity index is 1.85. The molecule has 24 heavy (non-hydrogen) atoms. The molecule has 1 aliphatic carbocycles. The van der Waals surface area contributed by atoms with Crippen LogP contribution >= 0.6 is 0 Å². The van der Waals surface area contributed by atoms with Gasteiger partial charge in [0.1, 0.15) is 0 Å². The molecule has 1 saturated carbocycles. The van der Waals surface area contributed by atoms with E-state index in [2.05, 4.69) is 38.3 Å². The smallest absolute Gasteiger partial charge is 0.255 e. The lowest BCUT2D eigenvalue weighted by atomic mass is 9.95. The number of hydrogen-bond donors (Lipinski definition) is 0. The molecule has 2 fully saturated rings. The van der Waals surface area contributed by atoms with Crippen molar-refractivity contribution in [2.24, 2.45) is 0 Å². The molecule has 0 spiro atoms. The highest BCUT2D eigenvalue weighted by molar-refractivity contribution is 5.96. The maximum absolute atomic E-state index is 13.2. The van der Waals surface area contributed by atoms with Crippen LogP contribution in [0, 0.1) is 13.8 Å². The summed E-state index contributed by atoms with van der Waals surface area (Å²) in [6.07, 6.45) is 6.53. The fourth-order valence-corrected chi connectivity index (χ4v) is 4.67. The number of carbonyl (C=O) groups is 1. The Morgan fingerprint density at radius 3 is 2.50 bits per heavy atom. The summed E-state index contributed by atoms with van der Waals surface area (Å²) in [7, 11) is 0. The summed E-state index contributed by atoms with van der Waals surface area (Å²) >= 11 is 0. The van der Waals surface area contributed by atoms with E-state index in [4.69, 9.17) is 4.74 Å². The molecule has 1 aromatic heterocycles. The number of carbonyl (C=O) groups excluding carboxylic acids is 1. The molecule has 2 heterocycles. The summed E-state index contributed by atoms with van der Waals surface area (Å²) in [6.45, 7) is 11.8. The Labute approximate surface area is 146 Å². The van der Waals surface area contributed by atoms with Crippen molar-refractivity contribution in [3.8, 4) is 0 Å². The molecule has 1 aliphatic heterocycles. The minimum atomic E-state index is -0.276. The molecule has 0 bridgehead atoms. The van der Waals surface area contributed by atoms with Crippen LogP contribution in [0.4, 0.5) is 0 Å². The normalized spacial score (nSPS) is 25.0. The Hall–Kier alpha value is -1.29. The molecule has 4 nitrogen and oxygen atoms in total. The van der Waals surface area contributed by atoms with Gasteiger partial charge in [-0.25, -0.2) is 0 Å². The van der Waals surface area contributed by atoms with Crippen LogP contribution in [0.25, 0.3) is 0 Å². The molecule has 1 saturated heterocycles. The number of morpholine rings is 1. The third-order valence-corrected chi connectivity index (χ3v) is 5.51. The van der Waals surface area contributed by atoms with Crippen LogP contribution in [0.2, 0.25) is 0 Å². The minimum absolute atomic E-state index is 0.0829. The van der Waals surface area contributed by atoms with Crippen molar-refractivity contribution in [1.29, 1.82) is 0 Å². The third-order valence-electron chi connectivity index (χ3n) is 5.51. The number of amides is 1. The molecule has 1 aromatic rings. The lowest BCUT2D eigenvalue weighted by Gasteiger charge is -2.41. The maximum Gasteiger partial charge on any atom is 0.255 e. The van der Waals surface area contributed by atoms with Gasteiger partial charge in [0.2, 0.25) is 0 Å². The van der Waals surface area contributed by atoms with Crippen molar-refractivity contribution in [1.82, 2.24) is 9.47 Å². The molecule has 1 atom stereocenters. The van der Waals surface area contributed by atoms with Crippen LogP contribution in [0.3, 0.4) is 0 Å². The van der Waals surface area contributed by atoms with E-state index in [0.717, 1.165) is 11.3 Å². The largest absolute Gasteiger partial charge is 0.369 e. The average molecular weight is 332 g/mol. The van der Waals surface area contributed by atoms with Gasteiger partial charge in [0.15, 0.2) is 0 Å². The number of aryl methyl sites for hydroxylation is 1. The van der Waals surface area contributed by atoms with E-state index in [1.807, 2.05) is 11.8 Å². The van der Waals surface area contributed by atoms with Gasteiger partial charge >= 0.3 is 0 Å². The number of nitrogens with zero attached hydrogens (tertiary/aromatic N) is 2. The van der Waals surface area contributed by atoms with Gasteiger partial charge in [-0.2, -0.15) is 0 Å². The van der Waals surface area contributed by atoms with E-state index in [0.29, 0.717) is 19.1 Å². The fourth-order valence-electron chi connectivity index (χ4n) is 4.67. The summed E-state index contributed by atoms with van der Waals surface area (Å²) in [4.78, 5) is 15.1. The van der Waals surface area contributed by atoms with Crippen molar-refractivity contribution in [3.05, 3.63) is 23.0 Å². The molecule has 134 valence electrons. The number of ether oxygens (including phenoxy) is 1. The van der Waals surface area contributed by atoms with Crippen LogP contribution in [0.5, 0.6) is 0 Å². The zero-order valence-electron chi connectivity index (χ0n) is 15.9. The summed E-state index contributed by atoms with van der Waals surface area (Å²) in [6, 6.07) is 2.67. The monoisotopic (exact) mass is 332 g/mol. The fraction of sp³-hybridized carbons (Fsp3) is 0.750. The van der Waals surface area contributed by atoms with Crippen molar-refractivity contribution in [3.63, 3.8) is 0 Å². The SMILES string of the molecule is Cc1cc(C(=O)N2CC(C)OC(C)(C)C2)c(C)n1C1CCCCC1. The summed E-state index contributed by atoms with van der Waals surface area (Å²) < 4.78 is 8.36. The second-order valence-corrected chi connectivity index (χ2v) is 8.32. The van der Waals surface area contributed by atoms with Gasteiger partial charge in [-0.05, 0) is 53.5 Å². The van der Waals surface area contributed by atoms with Crippen molar-refractivity contribution in [2.45, 2.75) is 84.5 Å². The van der Waals surface area contributed by atoms with Gasteiger partial charge in [-0.15, -0.1) is 0 Å². The van der Waals surface area contributed by atoms with Gasteiger partial charge in [0.25, 0.3) is 5.91 Å². The first-order valence-corrected chi connectivity index (χ1v) is 9.44. The molecule has 3 rings (SSSR count). The van der Waals surface area contributed by atoms with E-state index in [9.17, 15) is 4.79 Å². The Bertz CT molecular complexity index is 611. The molecular formula is C20H32N2O2.